The number of amides is 1. The molecule has 6 nitrogen and oxygen atoms in total. The molecule has 1 aromatic heterocycles. The van der Waals surface area contributed by atoms with E-state index in [0.29, 0.717) is 17.6 Å². The summed E-state index contributed by atoms with van der Waals surface area (Å²) < 4.78 is 0. The van der Waals surface area contributed by atoms with Gasteiger partial charge in [0.1, 0.15) is 11.5 Å². The summed E-state index contributed by atoms with van der Waals surface area (Å²) in [4.78, 5) is 25.2. The van der Waals surface area contributed by atoms with E-state index in [-0.39, 0.29) is 5.91 Å². The molecule has 6 heteroatoms. The Morgan fingerprint density at radius 1 is 1.38 bits per heavy atom. The topological polar surface area (TPSA) is 61.4 Å². The van der Waals surface area contributed by atoms with E-state index in [2.05, 4.69) is 27.1 Å². The second-order valence-electron chi connectivity index (χ2n) is 5.40. The average molecular weight is 291 g/mol. The van der Waals surface area contributed by atoms with Crippen LogP contribution in [0.25, 0.3) is 0 Å². The fraction of sp³-hybridized carbons (Fsp3) is 0.667. The number of piperidine rings is 1. The quantitative estimate of drug-likeness (QED) is 0.890. The standard InChI is InChI=1S/C15H25N5O/c1-4-17-14-11-16-10-13(18-14)15(21)19(3)12-6-8-20(5-2)9-7-12/h10-12H,4-9H2,1-3H3,(H,17,18). The molecule has 21 heavy (non-hydrogen) atoms. The Hall–Kier alpha value is -1.69. The Bertz CT molecular complexity index is 471. The molecule has 1 amide bonds. The van der Waals surface area contributed by atoms with Crippen LogP contribution in [0.1, 0.15) is 37.2 Å². The van der Waals surface area contributed by atoms with Crippen LogP contribution in [0, 0.1) is 0 Å². The van der Waals surface area contributed by atoms with Crippen molar-refractivity contribution in [1.82, 2.24) is 19.8 Å². The van der Waals surface area contributed by atoms with Gasteiger partial charge in [-0.05, 0) is 26.3 Å². The molecule has 0 unspecified atom stereocenters. The van der Waals surface area contributed by atoms with Crippen LogP contribution in [0.3, 0.4) is 0 Å². The summed E-state index contributed by atoms with van der Waals surface area (Å²) >= 11 is 0. The Balaban J connectivity index is 2.00. The average Bonchev–Trinajstić information content (AvgIpc) is 2.54. The van der Waals surface area contributed by atoms with Gasteiger partial charge in [-0.15, -0.1) is 0 Å². The second kappa shape index (κ2) is 7.36. The fourth-order valence-corrected chi connectivity index (χ4v) is 2.70. The lowest BCUT2D eigenvalue weighted by molar-refractivity contribution is 0.0641. The van der Waals surface area contributed by atoms with E-state index in [0.717, 1.165) is 39.0 Å². The first-order valence-corrected chi connectivity index (χ1v) is 7.71. The predicted octanol–water partition coefficient (Wildman–Crippen LogP) is 1.46. The molecule has 1 aliphatic heterocycles. The van der Waals surface area contributed by atoms with Crippen LogP contribution in [0.2, 0.25) is 0 Å². The molecule has 116 valence electrons. The lowest BCUT2D eigenvalue weighted by Gasteiger charge is -2.36. The molecule has 1 fully saturated rings. The Kier molecular flexibility index (Phi) is 5.50. The van der Waals surface area contributed by atoms with Gasteiger partial charge in [-0.1, -0.05) is 6.92 Å². The first-order valence-electron chi connectivity index (χ1n) is 7.71. The SMILES string of the molecule is CCNc1cncc(C(=O)N(C)C2CCN(CC)CC2)n1. The highest BCUT2D eigenvalue weighted by Crippen LogP contribution is 2.17. The maximum atomic E-state index is 12.5. The molecule has 1 saturated heterocycles. The van der Waals surface area contributed by atoms with E-state index in [9.17, 15) is 4.79 Å². The van der Waals surface area contributed by atoms with E-state index < -0.39 is 0 Å². The molecule has 1 N–H and O–H groups in total. The first kappa shape index (κ1) is 15.7. The number of aromatic nitrogens is 2. The van der Waals surface area contributed by atoms with Gasteiger partial charge in [-0.3, -0.25) is 9.78 Å². The number of carbonyl (C=O) groups excluding carboxylic acids is 1. The summed E-state index contributed by atoms with van der Waals surface area (Å²) in [6, 6.07) is 0.296. The normalized spacial score (nSPS) is 16.7. The number of rotatable bonds is 5. The van der Waals surface area contributed by atoms with Crippen LogP contribution >= 0.6 is 0 Å². The van der Waals surface area contributed by atoms with Crippen molar-refractivity contribution in [3.05, 3.63) is 18.1 Å². The van der Waals surface area contributed by atoms with Crippen molar-refractivity contribution in [2.24, 2.45) is 0 Å². The molecule has 0 aliphatic carbocycles. The van der Waals surface area contributed by atoms with Gasteiger partial charge in [0.05, 0.1) is 12.4 Å². The highest BCUT2D eigenvalue weighted by atomic mass is 16.2. The van der Waals surface area contributed by atoms with E-state index in [1.54, 1.807) is 12.4 Å². The lowest BCUT2D eigenvalue weighted by atomic mass is 10.0. The van der Waals surface area contributed by atoms with Crippen LogP contribution < -0.4 is 5.32 Å². The number of nitrogens with zero attached hydrogens (tertiary/aromatic N) is 4. The first-order chi connectivity index (χ1) is 10.2. The number of nitrogens with one attached hydrogen (secondary N) is 1. The number of anilines is 1. The summed E-state index contributed by atoms with van der Waals surface area (Å²) in [6.45, 7) is 8.13. The van der Waals surface area contributed by atoms with Gasteiger partial charge in [-0.2, -0.15) is 0 Å². The van der Waals surface area contributed by atoms with Crippen molar-refractivity contribution in [2.75, 3.05) is 38.5 Å². The minimum atomic E-state index is -0.0443. The highest BCUT2D eigenvalue weighted by molar-refractivity contribution is 5.92. The minimum absolute atomic E-state index is 0.0443. The molecule has 0 radical (unpaired) electrons. The number of hydrogen-bond donors (Lipinski definition) is 1. The zero-order valence-electron chi connectivity index (χ0n) is 13.2. The van der Waals surface area contributed by atoms with Crippen LogP contribution in [0.4, 0.5) is 5.82 Å². The van der Waals surface area contributed by atoms with E-state index in [1.807, 2.05) is 18.9 Å². The van der Waals surface area contributed by atoms with E-state index in [4.69, 9.17) is 0 Å². The van der Waals surface area contributed by atoms with Crippen molar-refractivity contribution in [3.63, 3.8) is 0 Å². The van der Waals surface area contributed by atoms with E-state index >= 15 is 0 Å². The molecule has 0 atom stereocenters. The highest BCUT2D eigenvalue weighted by Gasteiger charge is 2.26. The molecule has 0 aromatic carbocycles. The third kappa shape index (κ3) is 3.91. The molecule has 1 aromatic rings. The number of hydrogen-bond acceptors (Lipinski definition) is 5. The Morgan fingerprint density at radius 2 is 2.10 bits per heavy atom. The number of carbonyl (C=O) groups is 1. The molecule has 0 spiro atoms. The third-order valence-corrected chi connectivity index (χ3v) is 4.08. The van der Waals surface area contributed by atoms with Gasteiger partial charge >= 0.3 is 0 Å². The second-order valence-corrected chi connectivity index (χ2v) is 5.40. The van der Waals surface area contributed by atoms with Crippen molar-refractivity contribution >= 4 is 11.7 Å². The summed E-state index contributed by atoms with van der Waals surface area (Å²) in [5, 5.41) is 3.08. The molecule has 2 heterocycles. The predicted molar refractivity (Wildman–Crippen MR) is 83.4 cm³/mol. The summed E-state index contributed by atoms with van der Waals surface area (Å²) in [5.74, 6) is 0.606. The zero-order chi connectivity index (χ0) is 15.2. The van der Waals surface area contributed by atoms with Crippen LogP contribution in [-0.4, -0.2) is 64.9 Å². The summed E-state index contributed by atoms with van der Waals surface area (Å²) in [6.07, 6.45) is 5.23. The maximum absolute atomic E-state index is 12.5. The fourth-order valence-electron chi connectivity index (χ4n) is 2.70. The van der Waals surface area contributed by atoms with Crippen LogP contribution in [0.5, 0.6) is 0 Å². The van der Waals surface area contributed by atoms with Crippen molar-refractivity contribution in [2.45, 2.75) is 32.7 Å². The minimum Gasteiger partial charge on any atom is -0.369 e. The van der Waals surface area contributed by atoms with Gasteiger partial charge in [0.15, 0.2) is 0 Å². The molecule has 1 aliphatic rings. The van der Waals surface area contributed by atoms with Gasteiger partial charge in [0, 0.05) is 32.7 Å². The molecule has 2 rings (SSSR count). The molecular weight excluding hydrogens is 266 g/mol. The third-order valence-electron chi connectivity index (χ3n) is 4.08. The summed E-state index contributed by atoms with van der Waals surface area (Å²) in [7, 11) is 1.87. The van der Waals surface area contributed by atoms with E-state index in [1.165, 1.54) is 0 Å². The van der Waals surface area contributed by atoms with Gasteiger partial charge in [0.25, 0.3) is 5.91 Å². The largest absolute Gasteiger partial charge is 0.369 e. The summed E-state index contributed by atoms with van der Waals surface area (Å²) in [5.41, 5.74) is 0.411. The van der Waals surface area contributed by atoms with Gasteiger partial charge in [0.2, 0.25) is 0 Å². The lowest BCUT2D eigenvalue weighted by Crippen LogP contribution is -2.45. The van der Waals surface area contributed by atoms with Crippen LogP contribution in [0.15, 0.2) is 12.4 Å². The zero-order valence-corrected chi connectivity index (χ0v) is 13.2. The van der Waals surface area contributed by atoms with Crippen molar-refractivity contribution in [1.29, 1.82) is 0 Å². The number of likely N-dealkylation sites (tertiary alicyclic amines) is 1. The van der Waals surface area contributed by atoms with Crippen molar-refractivity contribution < 1.29 is 4.79 Å². The van der Waals surface area contributed by atoms with Gasteiger partial charge < -0.3 is 15.1 Å². The monoisotopic (exact) mass is 291 g/mol. The molecule has 0 saturated carbocycles. The smallest absolute Gasteiger partial charge is 0.274 e. The Labute approximate surface area is 126 Å². The van der Waals surface area contributed by atoms with Gasteiger partial charge in [-0.25, -0.2) is 4.98 Å². The maximum Gasteiger partial charge on any atom is 0.274 e. The Morgan fingerprint density at radius 3 is 2.71 bits per heavy atom. The van der Waals surface area contributed by atoms with Crippen LogP contribution in [-0.2, 0) is 0 Å². The van der Waals surface area contributed by atoms with Crippen molar-refractivity contribution in [3.8, 4) is 0 Å². The molecular formula is C15H25N5O. The molecule has 0 bridgehead atoms.